The lowest BCUT2D eigenvalue weighted by Crippen LogP contribution is -2.52. The van der Waals surface area contributed by atoms with Crippen LogP contribution in [0.25, 0.3) is 10.8 Å². The zero-order chi connectivity index (χ0) is 43.0. The first-order chi connectivity index (χ1) is 27.0. The molecule has 0 spiro atoms. The summed E-state index contributed by atoms with van der Waals surface area (Å²) in [7, 11) is -2.37. The number of carbonyl (C=O) groups is 2. The minimum absolute atomic E-state index is 0.0327. The third-order valence-electron chi connectivity index (χ3n) is 14.8. The van der Waals surface area contributed by atoms with E-state index >= 15 is 0 Å². The van der Waals surface area contributed by atoms with Crippen LogP contribution >= 0.6 is 0 Å². The molecule has 1 saturated heterocycles. The predicted molar refractivity (Wildman–Crippen MR) is 244 cm³/mol. The SMILES string of the molecule is CCC(C)C(=O)OC1CC(C)C=C2C=CC(C)C(CCC3CC(O[Si](C)(C)C(C)(C)C)CC(=O)N3Cc3ccc4c(CO[Si](C)(C)C(C)(C)C)c(OC)ccc4c3)C21. The normalized spacial score (nSPS) is 26.3. The minimum Gasteiger partial charge on any atom is -0.496 e. The summed E-state index contributed by atoms with van der Waals surface area (Å²) in [6, 6.07) is 10.8. The largest absolute Gasteiger partial charge is 0.496 e. The molecule has 0 bridgehead atoms. The molecule has 9 heteroatoms. The number of hydrogen-bond donors (Lipinski definition) is 0. The number of ether oxygens (including phenoxy) is 2. The summed E-state index contributed by atoms with van der Waals surface area (Å²) in [6.45, 7) is 32.4. The third-order valence-corrected chi connectivity index (χ3v) is 23.8. The van der Waals surface area contributed by atoms with E-state index in [-0.39, 0.29) is 52.0 Å². The Bertz CT molecular complexity index is 1840. The van der Waals surface area contributed by atoms with Crippen LogP contribution in [0.15, 0.2) is 54.1 Å². The number of likely N-dealkylation sites (tertiary alicyclic amines) is 1. The highest BCUT2D eigenvalue weighted by molar-refractivity contribution is 6.74. The van der Waals surface area contributed by atoms with Crippen LogP contribution in [-0.4, -0.2) is 58.8 Å². The van der Waals surface area contributed by atoms with E-state index in [0.717, 1.165) is 59.8 Å². The molecule has 1 amide bonds. The van der Waals surface area contributed by atoms with E-state index in [0.29, 0.717) is 37.3 Å². The molecule has 322 valence electrons. The van der Waals surface area contributed by atoms with Crippen molar-refractivity contribution in [2.45, 2.75) is 175 Å². The Balaban J connectivity index is 1.44. The number of carbonyl (C=O) groups excluding carboxylic acids is 2. The number of amides is 1. The molecule has 0 radical (unpaired) electrons. The number of esters is 1. The van der Waals surface area contributed by atoms with Gasteiger partial charge in [0, 0.05) is 24.1 Å². The van der Waals surface area contributed by atoms with Crippen molar-refractivity contribution < 1.29 is 27.9 Å². The molecule has 0 saturated carbocycles. The van der Waals surface area contributed by atoms with Crippen LogP contribution in [0.4, 0.5) is 0 Å². The van der Waals surface area contributed by atoms with E-state index in [2.05, 4.69) is 135 Å². The van der Waals surface area contributed by atoms with Gasteiger partial charge < -0.3 is 23.2 Å². The maximum absolute atomic E-state index is 14.4. The number of benzene rings is 2. The molecule has 8 atom stereocenters. The fourth-order valence-corrected chi connectivity index (χ4v) is 11.1. The van der Waals surface area contributed by atoms with Gasteiger partial charge in [-0.3, -0.25) is 9.59 Å². The third kappa shape index (κ3) is 10.4. The summed E-state index contributed by atoms with van der Waals surface area (Å²) < 4.78 is 25.9. The number of fused-ring (bicyclic) bond motifs is 2. The van der Waals surface area contributed by atoms with Gasteiger partial charge in [0.2, 0.25) is 5.91 Å². The van der Waals surface area contributed by atoms with Crippen molar-refractivity contribution in [1.82, 2.24) is 4.90 Å². The van der Waals surface area contributed by atoms with Crippen molar-refractivity contribution in [1.29, 1.82) is 0 Å². The van der Waals surface area contributed by atoms with E-state index in [1.54, 1.807) is 7.11 Å². The highest BCUT2D eigenvalue weighted by Crippen LogP contribution is 2.46. The van der Waals surface area contributed by atoms with E-state index in [1.807, 2.05) is 13.8 Å². The lowest BCUT2D eigenvalue weighted by Gasteiger charge is -2.46. The van der Waals surface area contributed by atoms with Crippen LogP contribution in [0.1, 0.15) is 119 Å². The number of methoxy groups -OCH3 is 1. The maximum atomic E-state index is 14.4. The second-order valence-electron chi connectivity index (χ2n) is 21.1. The Kier molecular flexibility index (Phi) is 14.5. The zero-order valence-corrected chi connectivity index (χ0v) is 40.8. The van der Waals surface area contributed by atoms with Gasteiger partial charge in [-0.2, -0.15) is 0 Å². The molecule has 1 aliphatic heterocycles. The number of allylic oxidation sites excluding steroid dienone is 3. The number of hydrogen-bond acceptors (Lipinski definition) is 6. The van der Waals surface area contributed by atoms with Crippen LogP contribution in [-0.2, 0) is 36.3 Å². The molecule has 3 aliphatic rings. The number of nitrogens with zero attached hydrogens (tertiary/aromatic N) is 1. The van der Waals surface area contributed by atoms with Gasteiger partial charge >= 0.3 is 5.97 Å². The molecule has 58 heavy (non-hydrogen) atoms. The minimum atomic E-state index is -2.11. The van der Waals surface area contributed by atoms with E-state index < -0.39 is 16.6 Å². The summed E-state index contributed by atoms with van der Waals surface area (Å²) in [5, 5.41) is 2.40. The van der Waals surface area contributed by atoms with Crippen molar-refractivity contribution >= 4 is 39.3 Å². The molecule has 5 rings (SSSR count). The Morgan fingerprint density at radius 2 is 1.64 bits per heavy atom. The second-order valence-corrected chi connectivity index (χ2v) is 30.7. The average Bonchev–Trinajstić information content (AvgIpc) is 3.13. The predicted octanol–water partition coefficient (Wildman–Crippen LogP) is 12.4. The van der Waals surface area contributed by atoms with Crippen LogP contribution in [0, 0.1) is 29.6 Å². The number of piperidine rings is 1. The summed E-state index contributed by atoms with van der Waals surface area (Å²) in [6.07, 6.45) is 11.5. The molecule has 2 aromatic rings. The Hall–Kier alpha value is -2.73. The van der Waals surface area contributed by atoms with Crippen molar-refractivity contribution in [2.24, 2.45) is 29.6 Å². The van der Waals surface area contributed by atoms with E-state index in [9.17, 15) is 9.59 Å². The second kappa shape index (κ2) is 18.1. The topological polar surface area (TPSA) is 74.3 Å². The highest BCUT2D eigenvalue weighted by atomic mass is 28.4. The van der Waals surface area contributed by atoms with Crippen LogP contribution < -0.4 is 4.74 Å². The van der Waals surface area contributed by atoms with Gasteiger partial charge in [-0.1, -0.05) is 106 Å². The molecular weight excluding hydrogens is 755 g/mol. The molecule has 2 aliphatic carbocycles. The molecule has 8 unspecified atom stereocenters. The van der Waals surface area contributed by atoms with Crippen LogP contribution in [0.2, 0.25) is 36.3 Å². The van der Waals surface area contributed by atoms with Crippen LogP contribution in [0.5, 0.6) is 5.75 Å². The average molecular weight is 832 g/mol. The Labute approximate surface area is 353 Å². The summed E-state index contributed by atoms with van der Waals surface area (Å²) >= 11 is 0. The molecule has 0 N–H and O–H groups in total. The maximum Gasteiger partial charge on any atom is 0.308 e. The fourth-order valence-electron chi connectivity index (χ4n) is 8.77. The zero-order valence-electron chi connectivity index (χ0n) is 38.8. The van der Waals surface area contributed by atoms with Crippen molar-refractivity contribution in [3.63, 3.8) is 0 Å². The van der Waals surface area contributed by atoms with Gasteiger partial charge in [0.1, 0.15) is 11.9 Å². The van der Waals surface area contributed by atoms with E-state index in [1.165, 1.54) is 5.57 Å². The van der Waals surface area contributed by atoms with Crippen molar-refractivity contribution in [2.75, 3.05) is 7.11 Å². The van der Waals surface area contributed by atoms with Gasteiger partial charge in [-0.15, -0.1) is 0 Å². The van der Waals surface area contributed by atoms with E-state index in [4.69, 9.17) is 18.3 Å². The van der Waals surface area contributed by atoms with Crippen molar-refractivity contribution in [3.8, 4) is 5.75 Å². The number of rotatable bonds is 14. The standard InChI is InChI=1S/C49H77NO6Si2/c1-16-33(3)47(52)55-44-26-32(2)25-37-19-17-34(4)40(46(37)44)23-21-38-28-39(56-58(14,15)49(8,9)10)29-45(51)50(38)30-35-18-22-41-36(27-35)20-24-43(53-11)42(41)31-54-57(12,13)48(5,6)7/h17-20,22,24-25,27,32-34,38-40,44,46H,16,21,23,26,28-31H2,1-15H3. The first-order valence-electron chi connectivity index (χ1n) is 22.3. The Morgan fingerprint density at radius 1 is 0.948 bits per heavy atom. The smallest absolute Gasteiger partial charge is 0.308 e. The lowest BCUT2D eigenvalue weighted by molar-refractivity contribution is -0.158. The quantitative estimate of drug-likeness (QED) is 0.139. The molecular formula is C49H77NO6Si2. The molecule has 1 heterocycles. The summed E-state index contributed by atoms with van der Waals surface area (Å²) in [4.78, 5) is 29.8. The summed E-state index contributed by atoms with van der Waals surface area (Å²) in [5.41, 5.74) is 3.50. The van der Waals surface area contributed by atoms with Gasteiger partial charge in [-0.05, 0) is 120 Å². The highest BCUT2D eigenvalue weighted by Gasteiger charge is 2.45. The van der Waals surface area contributed by atoms with Crippen molar-refractivity contribution in [3.05, 3.63) is 65.3 Å². The van der Waals surface area contributed by atoms with Gasteiger partial charge in [0.15, 0.2) is 16.6 Å². The lowest BCUT2D eigenvalue weighted by atomic mass is 9.65. The molecule has 0 aromatic heterocycles. The molecule has 2 aromatic carbocycles. The molecule has 1 fully saturated rings. The Morgan fingerprint density at radius 3 is 2.28 bits per heavy atom. The fraction of sp³-hybridized carbons (Fsp3) is 0.673. The van der Waals surface area contributed by atoms with Crippen LogP contribution in [0.3, 0.4) is 0 Å². The summed E-state index contributed by atoms with van der Waals surface area (Å²) in [5.74, 6) is 1.96. The first-order valence-corrected chi connectivity index (χ1v) is 28.1. The van der Waals surface area contributed by atoms with Gasteiger partial charge in [-0.25, -0.2) is 0 Å². The van der Waals surface area contributed by atoms with Gasteiger partial charge in [0.25, 0.3) is 0 Å². The monoisotopic (exact) mass is 832 g/mol. The molecule has 7 nitrogen and oxygen atoms in total. The van der Waals surface area contributed by atoms with Gasteiger partial charge in [0.05, 0.1) is 32.2 Å². The first kappa shape index (κ1) is 46.3.